The van der Waals surface area contributed by atoms with Crippen molar-refractivity contribution in [3.63, 3.8) is 0 Å². The highest BCUT2D eigenvalue weighted by molar-refractivity contribution is 7.82. The first kappa shape index (κ1) is 20.3. The number of nitrogens with one attached hydrogen (secondary N) is 1. The van der Waals surface area contributed by atoms with Crippen LogP contribution in [-0.4, -0.2) is 56.4 Å². The van der Waals surface area contributed by atoms with E-state index in [0.29, 0.717) is 11.4 Å². The molecule has 1 unspecified atom stereocenters. The topological polar surface area (TPSA) is 65.5 Å². The van der Waals surface area contributed by atoms with E-state index < -0.39 is 11.0 Å². The molecule has 0 aliphatic carbocycles. The number of pyridine rings is 1. The third kappa shape index (κ3) is 5.07. The average molecular weight is 427 g/mol. The molecule has 9 heteroatoms. The fourth-order valence-electron chi connectivity index (χ4n) is 3.06. The summed E-state index contributed by atoms with van der Waals surface area (Å²) in [6.07, 6.45) is 3.31. The molecular weight excluding hydrogens is 404 g/mol. The van der Waals surface area contributed by atoms with Gasteiger partial charge in [-0.3, -0.25) is 4.98 Å². The van der Waals surface area contributed by atoms with Gasteiger partial charge in [0.15, 0.2) is 0 Å². The van der Waals surface area contributed by atoms with Crippen molar-refractivity contribution < 1.29 is 9.00 Å². The second kappa shape index (κ2) is 9.14. The summed E-state index contributed by atoms with van der Waals surface area (Å²) in [4.78, 5) is 19.7. The lowest BCUT2D eigenvalue weighted by Crippen LogP contribution is -2.47. The summed E-state index contributed by atoms with van der Waals surface area (Å²) in [5, 5.41) is 2.90. The molecule has 3 rings (SSSR count). The molecule has 1 N–H and O–H groups in total. The Morgan fingerprint density at radius 2 is 2.11 bits per heavy atom. The molecule has 1 aliphatic rings. The molecule has 0 saturated carbocycles. The van der Waals surface area contributed by atoms with E-state index in [1.807, 2.05) is 42.5 Å². The van der Waals surface area contributed by atoms with Gasteiger partial charge in [-0.1, -0.05) is 18.5 Å². The van der Waals surface area contributed by atoms with Crippen molar-refractivity contribution in [2.75, 3.05) is 31.2 Å². The third-order valence-corrected chi connectivity index (χ3v) is 7.36. The van der Waals surface area contributed by atoms with Gasteiger partial charge in [-0.2, -0.15) is 0 Å². The molecule has 1 saturated heterocycles. The second-order valence-electron chi connectivity index (χ2n) is 6.35. The maximum absolute atomic E-state index is 12.5. The van der Waals surface area contributed by atoms with Gasteiger partial charge in [0.05, 0.1) is 37.8 Å². The maximum Gasteiger partial charge on any atom is 0.321 e. The van der Waals surface area contributed by atoms with E-state index in [1.165, 1.54) is 11.3 Å². The first-order valence-electron chi connectivity index (χ1n) is 8.87. The number of carbonyl (C=O) groups excluding carboxylic acids is 1. The van der Waals surface area contributed by atoms with E-state index in [9.17, 15) is 9.00 Å². The number of amides is 2. The van der Waals surface area contributed by atoms with Gasteiger partial charge in [-0.15, -0.1) is 11.3 Å². The quantitative estimate of drug-likeness (QED) is 0.783. The Balaban J connectivity index is 1.55. The zero-order valence-corrected chi connectivity index (χ0v) is 17.7. The Morgan fingerprint density at radius 3 is 2.67 bits per heavy atom. The normalized spacial score (nSPS) is 16.9. The SMILES string of the molecule is CCS(=O)N1CCC(N(C)C(=O)Nc2ccc(-c3ccc(Cl)s3)nc2)CC1. The Bertz CT molecular complexity index is 804. The van der Waals surface area contributed by atoms with Gasteiger partial charge >= 0.3 is 6.03 Å². The molecule has 1 atom stereocenters. The highest BCUT2D eigenvalue weighted by Crippen LogP contribution is 2.30. The molecule has 1 aliphatic heterocycles. The lowest BCUT2D eigenvalue weighted by atomic mass is 10.1. The summed E-state index contributed by atoms with van der Waals surface area (Å²) >= 11 is 7.43. The van der Waals surface area contributed by atoms with Crippen LogP contribution in [0.4, 0.5) is 10.5 Å². The largest absolute Gasteiger partial charge is 0.325 e. The predicted octanol–water partition coefficient (Wildman–Crippen LogP) is 4.08. The standard InChI is InChI=1S/C18H23ClN4O2S2/c1-3-27(25)23-10-8-14(9-11-23)22(2)18(24)21-13-4-5-15(20-12-13)16-6-7-17(19)26-16/h4-7,12,14H,3,8-11H2,1-2H3,(H,21,24). The monoisotopic (exact) mass is 426 g/mol. The molecular formula is C18H23ClN4O2S2. The van der Waals surface area contributed by atoms with Gasteiger partial charge in [0.1, 0.15) is 0 Å². The van der Waals surface area contributed by atoms with E-state index in [1.54, 1.807) is 11.1 Å². The second-order valence-corrected chi connectivity index (χ2v) is 9.80. The van der Waals surface area contributed by atoms with Gasteiger partial charge in [0.25, 0.3) is 0 Å². The molecule has 0 spiro atoms. The van der Waals surface area contributed by atoms with Gasteiger partial charge in [0, 0.05) is 31.9 Å². The number of hydrogen-bond acceptors (Lipinski definition) is 4. The molecule has 146 valence electrons. The lowest BCUT2D eigenvalue weighted by molar-refractivity contribution is 0.175. The number of halogens is 1. The molecule has 3 heterocycles. The first-order valence-corrected chi connectivity index (χ1v) is 11.3. The third-order valence-electron chi connectivity index (χ3n) is 4.67. The van der Waals surface area contributed by atoms with Crippen LogP contribution in [-0.2, 0) is 11.0 Å². The van der Waals surface area contributed by atoms with Gasteiger partial charge in [-0.25, -0.2) is 13.3 Å². The number of nitrogens with zero attached hydrogens (tertiary/aromatic N) is 3. The van der Waals surface area contributed by atoms with Crippen molar-refractivity contribution in [3.05, 3.63) is 34.8 Å². The number of rotatable bonds is 5. The van der Waals surface area contributed by atoms with Crippen molar-refractivity contribution in [1.82, 2.24) is 14.2 Å². The zero-order valence-electron chi connectivity index (χ0n) is 15.4. The van der Waals surface area contributed by atoms with Crippen LogP contribution in [0.5, 0.6) is 0 Å². The smallest absolute Gasteiger partial charge is 0.321 e. The van der Waals surface area contributed by atoms with Gasteiger partial charge < -0.3 is 10.2 Å². The minimum atomic E-state index is -0.902. The number of carbonyl (C=O) groups is 1. The molecule has 6 nitrogen and oxygen atoms in total. The minimum absolute atomic E-state index is 0.149. The van der Waals surface area contributed by atoms with Crippen LogP contribution in [0, 0.1) is 0 Å². The average Bonchev–Trinajstić information content (AvgIpc) is 3.13. The van der Waals surface area contributed by atoms with Crippen LogP contribution in [0.1, 0.15) is 19.8 Å². The molecule has 2 amide bonds. The van der Waals surface area contributed by atoms with Crippen LogP contribution in [0.3, 0.4) is 0 Å². The number of urea groups is 1. The summed E-state index contributed by atoms with van der Waals surface area (Å²) in [7, 11) is 0.906. The van der Waals surface area contributed by atoms with Gasteiger partial charge in [-0.05, 0) is 37.1 Å². The van der Waals surface area contributed by atoms with Crippen LogP contribution in [0.25, 0.3) is 10.6 Å². The number of aromatic nitrogens is 1. The summed E-state index contributed by atoms with van der Waals surface area (Å²) in [6, 6.07) is 7.48. The molecule has 27 heavy (non-hydrogen) atoms. The summed E-state index contributed by atoms with van der Waals surface area (Å²) in [5.74, 6) is 0.641. The Kier molecular flexibility index (Phi) is 6.86. The van der Waals surface area contributed by atoms with Crippen LogP contribution < -0.4 is 5.32 Å². The fourth-order valence-corrected chi connectivity index (χ4v) is 5.06. The summed E-state index contributed by atoms with van der Waals surface area (Å²) in [5.41, 5.74) is 1.48. The number of thiophene rings is 1. The van der Waals surface area contributed by atoms with Crippen molar-refractivity contribution in [3.8, 4) is 10.6 Å². The van der Waals surface area contributed by atoms with Crippen LogP contribution in [0.2, 0.25) is 4.34 Å². The first-order chi connectivity index (χ1) is 13.0. The molecule has 2 aromatic heterocycles. The zero-order chi connectivity index (χ0) is 19.4. The fraction of sp³-hybridized carbons (Fsp3) is 0.444. The van der Waals surface area contributed by atoms with E-state index in [2.05, 4.69) is 10.3 Å². The Labute approximate surface area is 171 Å². The van der Waals surface area contributed by atoms with E-state index in [4.69, 9.17) is 11.6 Å². The van der Waals surface area contributed by atoms with Crippen LogP contribution in [0.15, 0.2) is 30.5 Å². The van der Waals surface area contributed by atoms with E-state index >= 15 is 0 Å². The van der Waals surface area contributed by atoms with Crippen LogP contribution >= 0.6 is 22.9 Å². The maximum atomic E-state index is 12.5. The number of piperidine rings is 1. The lowest BCUT2D eigenvalue weighted by Gasteiger charge is -2.35. The highest BCUT2D eigenvalue weighted by atomic mass is 35.5. The summed E-state index contributed by atoms with van der Waals surface area (Å²) < 4.78 is 14.6. The molecule has 0 bridgehead atoms. The van der Waals surface area contributed by atoms with Crippen molar-refractivity contribution in [1.29, 1.82) is 0 Å². The molecule has 1 fully saturated rings. The molecule has 0 aromatic carbocycles. The molecule has 0 radical (unpaired) electrons. The van der Waals surface area contributed by atoms with Gasteiger partial charge in [0.2, 0.25) is 0 Å². The predicted molar refractivity (Wildman–Crippen MR) is 113 cm³/mol. The van der Waals surface area contributed by atoms with Crippen molar-refractivity contribution in [2.45, 2.75) is 25.8 Å². The van der Waals surface area contributed by atoms with Crippen molar-refractivity contribution in [2.24, 2.45) is 0 Å². The number of anilines is 1. The minimum Gasteiger partial charge on any atom is -0.325 e. The summed E-state index contributed by atoms with van der Waals surface area (Å²) in [6.45, 7) is 3.43. The molecule has 2 aromatic rings. The van der Waals surface area contributed by atoms with E-state index in [0.717, 1.165) is 40.8 Å². The highest BCUT2D eigenvalue weighted by Gasteiger charge is 2.27. The Morgan fingerprint density at radius 1 is 1.37 bits per heavy atom. The number of hydrogen-bond donors (Lipinski definition) is 1. The Hall–Kier alpha value is -1.48. The van der Waals surface area contributed by atoms with E-state index in [-0.39, 0.29) is 12.1 Å². The van der Waals surface area contributed by atoms with Crippen molar-refractivity contribution >= 4 is 45.6 Å².